The summed E-state index contributed by atoms with van der Waals surface area (Å²) in [7, 11) is 0. The van der Waals surface area contributed by atoms with Crippen molar-refractivity contribution in [1.29, 1.82) is 0 Å². The molecule has 8 heteroatoms. The molecule has 1 aromatic rings. The van der Waals surface area contributed by atoms with Gasteiger partial charge in [0.05, 0.1) is 30.7 Å². The Bertz CT molecular complexity index is 1330. The Morgan fingerprint density at radius 2 is 1.92 bits per heavy atom. The molecule has 1 spiro atoms. The van der Waals surface area contributed by atoms with Crippen molar-refractivity contribution < 1.29 is 38.1 Å². The molecule has 39 heavy (non-hydrogen) atoms. The zero-order valence-electron chi connectivity index (χ0n) is 23.2. The van der Waals surface area contributed by atoms with Gasteiger partial charge >= 0.3 is 5.97 Å². The van der Waals surface area contributed by atoms with E-state index in [-0.39, 0.29) is 11.7 Å². The predicted octanol–water partition coefficient (Wildman–Crippen LogP) is 3.91. The Labute approximate surface area is 228 Å². The van der Waals surface area contributed by atoms with Gasteiger partial charge in [-0.05, 0) is 38.5 Å². The van der Waals surface area contributed by atoms with Gasteiger partial charge in [-0.1, -0.05) is 45.1 Å². The van der Waals surface area contributed by atoms with Crippen LogP contribution in [0.4, 0.5) is 0 Å². The number of carbonyl (C=O) groups excluding carboxylic acids is 3. The molecular weight excluding hydrogens is 500 g/mol. The molecule has 0 aromatic carbocycles. The average molecular weight is 537 g/mol. The van der Waals surface area contributed by atoms with Crippen LogP contribution in [-0.2, 0) is 28.6 Å². The first kappa shape index (κ1) is 26.4. The normalized spacial score (nSPS) is 49.8. The summed E-state index contributed by atoms with van der Waals surface area (Å²) in [5.41, 5.74) is -4.31. The van der Waals surface area contributed by atoms with E-state index in [0.29, 0.717) is 12.2 Å². The van der Waals surface area contributed by atoms with E-state index in [0.717, 1.165) is 11.8 Å². The van der Waals surface area contributed by atoms with Crippen LogP contribution < -0.4 is 0 Å². The van der Waals surface area contributed by atoms with Crippen molar-refractivity contribution in [3.63, 3.8) is 0 Å². The smallest absolute Gasteiger partial charge is 0.333 e. The number of rotatable bonds is 4. The van der Waals surface area contributed by atoms with Crippen molar-refractivity contribution in [3.8, 4) is 0 Å². The van der Waals surface area contributed by atoms with Gasteiger partial charge in [0.25, 0.3) is 0 Å². The van der Waals surface area contributed by atoms with Crippen LogP contribution in [0.25, 0.3) is 0 Å². The predicted molar refractivity (Wildman–Crippen MR) is 139 cm³/mol. The lowest BCUT2D eigenvalue weighted by atomic mass is 9.39. The second kappa shape index (κ2) is 8.12. The number of furan rings is 1. The van der Waals surface area contributed by atoms with Crippen LogP contribution in [0.1, 0.15) is 53.0 Å². The van der Waals surface area contributed by atoms with Crippen LogP contribution in [0.5, 0.6) is 0 Å². The highest BCUT2D eigenvalue weighted by molar-refractivity contribution is 5.97. The van der Waals surface area contributed by atoms with Crippen molar-refractivity contribution in [1.82, 2.24) is 0 Å². The molecule has 6 rings (SSSR count). The summed E-state index contributed by atoms with van der Waals surface area (Å²) in [4.78, 5) is 40.4. The van der Waals surface area contributed by atoms with Crippen molar-refractivity contribution in [2.75, 3.05) is 6.61 Å². The Morgan fingerprint density at radius 3 is 2.56 bits per heavy atom. The maximum absolute atomic E-state index is 13.9. The third kappa shape index (κ3) is 2.87. The number of ether oxygens (including phenoxy) is 3. The molecule has 3 heterocycles. The zero-order valence-corrected chi connectivity index (χ0v) is 23.2. The SMILES string of the molecule is CC=C(C)C(=O)OC1C2OCC3(C)C=CC(=O)C(C)(C23)C2C(O)OC3(C=CC(c4ccoc4)C3(C)C=O)C12C. The minimum Gasteiger partial charge on any atom is -0.472 e. The van der Waals surface area contributed by atoms with Gasteiger partial charge in [-0.25, -0.2) is 4.79 Å². The molecule has 0 bridgehead atoms. The summed E-state index contributed by atoms with van der Waals surface area (Å²) in [6, 6.07) is 1.80. The Kier molecular flexibility index (Phi) is 5.50. The summed E-state index contributed by atoms with van der Waals surface area (Å²) in [6.07, 6.45) is 9.89. The second-order valence-electron chi connectivity index (χ2n) is 12.8. The third-order valence-electron chi connectivity index (χ3n) is 11.1. The fourth-order valence-electron chi connectivity index (χ4n) is 9.14. The van der Waals surface area contributed by atoms with Crippen molar-refractivity contribution in [2.45, 2.75) is 71.6 Å². The first-order valence-electron chi connectivity index (χ1n) is 13.6. The summed E-state index contributed by atoms with van der Waals surface area (Å²) < 4.78 is 24.7. The Hall–Kier alpha value is -2.81. The Balaban J connectivity index is 1.61. The van der Waals surface area contributed by atoms with E-state index in [1.54, 1.807) is 51.5 Å². The van der Waals surface area contributed by atoms with Crippen molar-refractivity contribution in [2.24, 2.45) is 33.5 Å². The molecule has 0 radical (unpaired) electrons. The molecule has 1 aromatic heterocycles. The zero-order chi connectivity index (χ0) is 28.2. The molecule has 11 atom stereocenters. The number of esters is 1. The van der Waals surface area contributed by atoms with Gasteiger partial charge in [0.2, 0.25) is 0 Å². The summed E-state index contributed by atoms with van der Waals surface area (Å²) >= 11 is 0. The molecule has 8 nitrogen and oxygen atoms in total. The van der Waals surface area contributed by atoms with Crippen LogP contribution in [0.3, 0.4) is 0 Å². The topological polar surface area (TPSA) is 112 Å². The molecule has 2 saturated heterocycles. The van der Waals surface area contributed by atoms with Gasteiger partial charge in [0.15, 0.2) is 12.1 Å². The van der Waals surface area contributed by atoms with E-state index < -0.39 is 63.6 Å². The van der Waals surface area contributed by atoms with E-state index >= 15 is 0 Å². The highest BCUT2D eigenvalue weighted by Crippen LogP contribution is 2.75. The molecule has 11 unspecified atom stereocenters. The number of aldehydes is 1. The maximum Gasteiger partial charge on any atom is 0.333 e. The Morgan fingerprint density at radius 1 is 1.18 bits per heavy atom. The molecule has 3 fully saturated rings. The molecule has 208 valence electrons. The number of ketones is 1. The van der Waals surface area contributed by atoms with Gasteiger partial charge < -0.3 is 28.5 Å². The minimum atomic E-state index is -1.43. The van der Waals surface area contributed by atoms with E-state index in [9.17, 15) is 19.5 Å². The lowest BCUT2D eigenvalue weighted by molar-refractivity contribution is -0.228. The quantitative estimate of drug-likeness (QED) is 0.267. The van der Waals surface area contributed by atoms with Crippen LogP contribution in [-0.4, -0.2) is 53.9 Å². The van der Waals surface area contributed by atoms with E-state index in [4.69, 9.17) is 18.6 Å². The number of allylic oxidation sites excluding steroid dienone is 3. The van der Waals surface area contributed by atoms with E-state index in [1.807, 2.05) is 39.0 Å². The molecule has 0 amide bonds. The molecule has 3 aliphatic carbocycles. The highest BCUT2D eigenvalue weighted by Gasteiger charge is 2.84. The number of carbonyl (C=O) groups is 3. The summed E-state index contributed by atoms with van der Waals surface area (Å²) in [5.74, 6) is -2.27. The molecule has 1 N–H and O–H groups in total. The third-order valence-corrected chi connectivity index (χ3v) is 11.1. The maximum atomic E-state index is 13.9. The average Bonchev–Trinajstić information content (AvgIpc) is 3.66. The second-order valence-corrected chi connectivity index (χ2v) is 12.8. The first-order chi connectivity index (χ1) is 18.4. The van der Waals surface area contributed by atoms with Crippen LogP contribution in [0, 0.1) is 33.5 Å². The van der Waals surface area contributed by atoms with Crippen molar-refractivity contribution in [3.05, 3.63) is 60.1 Å². The minimum absolute atomic E-state index is 0.132. The molecule has 1 saturated carbocycles. The highest BCUT2D eigenvalue weighted by atomic mass is 16.6. The number of fused-ring (bicyclic) bond motifs is 3. The van der Waals surface area contributed by atoms with Gasteiger partial charge in [-0.3, -0.25) is 4.79 Å². The van der Waals surface area contributed by atoms with Gasteiger partial charge in [0.1, 0.15) is 18.0 Å². The molecule has 5 aliphatic rings. The number of aliphatic hydroxyl groups is 1. The summed E-state index contributed by atoms with van der Waals surface area (Å²) in [5, 5.41) is 11.8. The van der Waals surface area contributed by atoms with Crippen LogP contribution in [0.15, 0.2) is 59.0 Å². The van der Waals surface area contributed by atoms with Crippen LogP contribution in [0.2, 0.25) is 0 Å². The van der Waals surface area contributed by atoms with Gasteiger partial charge in [0, 0.05) is 39.6 Å². The monoisotopic (exact) mass is 536 g/mol. The van der Waals surface area contributed by atoms with E-state index in [1.165, 1.54) is 0 Å². The molecular formula is C31H36O8. The lowest BCUT2D eigenvalue weighted by Crippen LogP contribution is -2.72. The number of hydrogen-bond acceptors (Lipinski definition) is 8. The standard InChI is InChI=1S/C31H36O8/c1-7-17(2)25(34)38-24-21-22-27(3,16-37-21)11-9-20(33)29(22,5)23-26(35)39-31(30(23,24)6)12-8-19(28(31,4)15-32)18-10-13-36-14-18/h7-15,19,21-24,26,35H,16H2,1-6H3. The fourth-order valence-corrected chi connectivity index (χ4v) is 9.14. The van der Waals surface area contributed by atoms with E-state index in [2.05, 4.69) is 0 Å². The lowest BCUT2D eigenvalue weighted by Gasteiger charge is -2.62. The van der Waals surface area contributed by atoms with Crippen LogP contribution >= 0.6 is 0 Å². The summed E-state index contributed by atoms with van der Waals surface area (Å²) in [6.45, 7) is 11.4. The number of aliphatic hydroxyl groups excluding tert-OH is 1. The largest absolute Gasteiger partial charge is 0.472 e. The van der Waals surface area contributed by atoms with Gasteiger partial charge in [-0.2, -0.15) is 0 Å². The fraction of sp³-hybridized carbons (Fsp3) is 0.581. The van der Waals surface area contributed by atoms with Crippen molar-refractivity contribution >= 4 is 18.0 Å². The number of hydrogen-bond donors (Lipinski definition) is 1. The van der Waals surface area contributed by atoms with Gasteiger partial charge in [-0.15, -0.1) is 0 Å². The first-order valence-corrected chi connectivity index (χ1v) is 13.6. The molecule has 2 aliphatic heterocycles.